The molecule has 0 radical (unpaired) electrons. The Morgan fingerprint density at radius 1 is 0.431 bits per heavy atom. The molecule has 0 fully saturated rings. The average molecular weight is 732 g/mol. The van der Waals surface area contributed by atoms with Crippen LogP contribution in [0.4, 0.5) is 61.5 Å². The SMILES string of the molecule is FC1=C(F)C(F)(OB(Oc2ccc(F)c(F)c2-c2ccc(F)c(F)c2F)Oc2ccc(F)c(F)c2-c2ccc(F)c(F)c2F)c2cccc(F)c21. The van der Waals surface area contributed by atoms with Crippen molar-refractivity contribution in [3.8, 4) is 33.8 Å². The molecule has 0 amide bonds. The van der Waals surface area contributed by atoms with E-state index in [-0.39, 0.29) is 24.3 Å². The van der Waals surface area contributed by atoms with E-state index in [9.17, 15) is 43.9 Å². The van der Waals surface area contributed by atoms with Gasteiger partial charge in [0, 0.05) is 16.7 Å². The van der Waals surface area contributed by atoms with Gasteiger partial charge in [0.15, 0.2) is 64.0 Å². The Hall–Kier alpha value is -5.52. The van der Waals surface area contributed by atoms with Gasteiger partial charge in [0.25, 0.3) is 5.85 Å². The second-order valence-corrected chi connectivity index (χ2v) is 10.4. The molecule has 0 aliphatic heterocycles. The molecule has 0 spiro atoms. The van der Waals surface area contributed by atoms with Crippen molar-refractivity contribution in [2.45, 2.75) is 5.85 Å². The van der Waals surface area contributed by atoms with Gasteiger partial charge in [-0.25, -0.2) is 57.1 Å². The Morgan fingerprint density at radius 3 is 1.33 bits per heavy atom. The molecule has 6 rings (SSSR count). The summed E-state index contributed by atoms with van der Waals surface area (Å²) in [6.07, 6.45) is 0. The van der Waals surface area contributed by atoms with Gasteiger partial charge in [0.2, 0.25) is 5.83 Å². The number of fused-ring (bicyclic) bond motifs is 1. The molecule has 262 valence electrons. The van der Waals surface area contributed by atoms with Crippen molar-refractivity contribution in [3.05, 3.63) is 148 Å². The lowest BCUT2D eigenvalue weighted by atomic mass is 10.00. The molecule has 3 nitrogen and oxygen atoms in total. The van der Waals surface area contributed by atoms with Crippen LogP contribution < -0.4 is 9.31 Å². The molecular formula is C33H11BF14O3. The van der Waals surface area contributed by atoms with E-state index in [0.717, 1.165) is 6.07 Å². The van der Waals surface area contributed by atoms with Gasteiger partial charge in [-0.05, 0) is 54.6 Å². The molecule has 0 heterocycles. The van der Waals surface area contributed by atoms with Gasteiger partial charge in [-0.1, -0.05) is 12.1 Å². The largest absolute Gasteiger partial charge is 0.790 e. The Bertz CT molecular complexity index is 2170. The molecule has 51 heavy (non-hydrogen) atoms. The summed E-state index contributed by atoms with van der Waals surface area (Å²) in [5.74, 6) is -32.7. The third-order valence-corrected chi connectivity index (χ3v) is 7.48. The van der Waals surface area contributed by atoms with E-state index in [1.54, 1.807) is 0 Å². The van der Waals surface area contributed by atoms with Crippen LogP contribution >= 0.6 is 0 Å². The highest BCUT2D eigenvalue weighted by Crippen LogP contribution is 2.51. The molecule has 18 heteroatoms. The third-order valence-electron chi connectivity index (χ3n) is 7.48. The molecule has 0 saturated carbocycles. The predicted octanol–water partition coefficient (Wildman–Crippen LogP) is 10.5. The first-order valence-electron chi connectivity index (χ1n) is 13.9. The number of halogens is 14. The fourth-order valence-corrected chi connectivity index (χ4v) is 5.11. The molecule has 0 bridgehead atoms. The van der Waals surface area contributed by atoms with Gasteiger partial charge in [-0.3, -0.25) is 0 Å². The third kappa shape index (κ3) is 5.82. The van der Waals surface area contributed by atoms with E-state index in [1.165, 1.54) is 0 Å². The number of hydrogen-bond donors (Lipinski definition) is 0. The monoisotopic (exact) mass is 732 g/mol. The Kier molecular flexibility index (Phi) is 8.99. The van der Waals surface area contributed by atoms with Crippen LogP contribution in [0.15, 0.2) is 72.6 Å². The van der Waals surface area contributed by atoms with Crippen LogP contribution in [0.25, 0.3) is 28.1 Å². The van der Waals surface area contributed by atoms with Crippen LogP contribution in [0.2, 0.25) is 0 Å². The minimum Gasteiger partial charge on any atom is -0.500 e. The number of rotatable bonds is 8. The van der Waals surface area contributed by atoms with E-state index < -0.39 is 134 Å². The van der Waals surface area contributed by atoms with Crippen molar-refractivity contribution < 1.29 is 75.4 Å². The summed E-state index contributed by atoms with van der Waals surface area (Å²) >= 11 is 0. The fourth-order valence-electron chi connectivity index (χ4n) is 5.11. The zero-order valence-electron chi connectivity index (χ0n) is 24.4. The van der Waals surface area contributed by atoms with Crippen LogP contribution in [-0.4, -0.2) is 7.32 Å². The maximum atomic E-state index is 16.4. The molecule has 0 aromatic heterocycles. The molecule has 0 N–H and O–H groups in total. The van der Waals surface area contributed by atoms with Crippen LogP contribution in [0.5, 0.6) is 11.5 Å². The van der Waals surface area contributed by atoms with Gasteiger partial charge in [0.05, 0.1) is 16.7 Å². The quantitative estimate of drug-likeness (QED) is 0.0904. The molecule has 1 aliphatic carbocycles. The lowest BCUT2D eigenvalue weighted by Gasteiger charge is -2.26. The van der Waals surface area contributed by atoms with Crippen molar-refractivity contribution >= 4 is 13.1 Å². The predicted molar refractivity (Wildman–Crippen MR) is 150 cm³/mol. The number of benzene rings is 5. The summed E-state index contributed by atoms with van der Waals surface area (Å²) in [4.78, 5) is 0. The van der Waals surface area contributed by atoms with E-state index in [1.807, 2.05) is 0 Å². The van der Waals surface area contributed by atoms with Crippen LogP contribution in [-0.2, 0) is 10.5 Å². The molecule has 1 atom stereocenters. The van der Waals surface area contributed by atoms with E-state index in [2.05, 4.69) is 0 Å². The average Bonchev–Trinajstić information content (AvgIpc) is 3.28. The summed E-state index contributed by atoms with van der Waals surface area (Å²) in [5.41, 5.74) is -7.84. The smallest absolute Gasteiger partial charge is 0.500 e. The van der Waals surface area contributed by atoms with Crippen LogP contribution in [0.3, 0.4) is 0 Å². The van der Waals surface area contributed by atoms with Crippen LogP contribution in [0.1, 0.15) is 11.1 Å². The number of hydrogen-bond acceptors (Lipinski definition) is 3. The Morgan fingerprint density at radius 2 is 0.863 bits per heavy atom. The van der Waals surface area contributed by atoms with Crippen molar-refractivity contribution in [2.75, 3.05) is 0 Å². The summed E-state index contributed by atoms with van der Waals surface area (Å²) in [5, 5.41) is 0. The molecule has 0 saturated heterocycles. The molecule has 1 aliphatic rings. The van der Waals surface area contributed by atoms with E-state index in [0.29, 0.717) is 36.4 Å². The normalized spacial score (nSPS) is 15.3. The first-order chi connectivity index (χ1) is 24.1. The Balaban J connectivity index is 1.55. The second kappa shape index (κ2) is 13.0. The standard InChI is InChI=1S/C33H11BF14O3/c35-15-3-1-2-14-24(15)31(46)32(47)33(14,48)51-34(49-20-10-8-16(36)27(42)22(20)12-4-6-18(38)29(44)25(12)40)50-21-11-9-17(37)28(43)23(21)13-5-7-19(39)30(45)26(13)41/h1-11H. The van der Waals surface area contributed by atoms with Crippen molar-refractivity contribution in [1.82, 2.24) is 0 Å². The van der Waals surface area contributed by atoms with Gasteiger partial charge >= 0.3 is 7.32 Å². The zero-order chi connectivity index (χ0) is 37.1. The first-order valence-corrected chi connectivity index (χ1v) is 13.9. The van der Waals surface area contributed by atoms with Crippen molar-refractivity contribution in [2.24, 2.45) is 0 Å². The zero-order valence-corrected chi connectivity index (χ0v) is 24.4. The van der Waals surface area contributed by atoms with Gasteiger partial charge in [-0.15, -0.1) is 0 Å². The first kappa shape index (κ1) is 35.3. The molecule has 5 aromatic carbocycles. The lowest BCUT2D eigenvalue weighted by molar-refractivity contribution is -0.0742. The lowest BCUT2D eigenvalue weighted by Crippen LogP contribution is -2.41. The summed E-state index contributed by atoms with van der Waals surface area (Å²) in [6.45, 7) is 0. The Labute approximate surface area is 276 Å². The molecular weight excluding hydrogens is 721 g/mol. The van der Waals surface area contributed by atoms with E-state index >= 15 is 17.6 Å². The van der Waals surface area contributed by atoms with Crippen LogP contribution in [0, 0.1) is 64.0 Å². The van der Waals surface area contributed by atoms with Gasteiger partial charge in [0.1, 0.15) is 17.3 Å². The molecule has 1 unspecified atom stereocenters. The highest BCUT2D eigenvalue weighted by molar-refractivity contribution is 6.39. The van der Waals surface area contributed by atoms with Crippen molar-refractivity contribution in [3.63, 3.8) is 0 Å². The minimum absolute atomic E-state index is 0.278. The van der Waals surface area contributed by atoms with Gasteiger partial charge < -0.3 is 14.0 Å². The van der Waals surface area contributed by atoms with Gasteiger partial charge in [-0.2, -0.15) is 4.39 Å². The molecule has 5 aromatic rings. The maximum Gasteiger partial charge on any atom is 0.790 e. The second-order valence-electron chi connectivity index (χ2n) is 10.4. The van der Waals surface area contributed by atoms with E-state index in [4.69, 9.17) is 14.0 Å². The highest BCUT2D eigenvalue weighted by Gasteiger charge is 2.55. The summed E-state index contributed by atoms with van der Waals surface area (Å²) in [6, 6.07) is 4.79. The maximum absolute atomic E-state index is 16.4. The number of alkyl halides is 1. The minimum atomic E-state index is -4.26. The highest BCUT2D eigenvalue weighted by atomic mass is 19.2. The van der Waals surface area contributed by atoms with Crippen molar-refractivity contribution in [1.29, 1.82) is 0 Å². The summed E-state index contributed by atoms with van der Waals surface area (Å²) < 4.78 is 221. The summed E-state index contributed by atoms with van der Waals surface area (Å²) in [7, 11) is -3.14. The topological polar surface area (TPSA) is 27.7 Å². The fraction of sp³-hybridized carbons (Fsp3) is 0.0303.